The van der Waals surface area contributed by atoms with Crippen LogP contribution in [0.4, 0.5) is 0 Å². The van der Waals surface area contributed by atoms with Crippen LogP contribution in [0.5, 0.6) is 5.75 Å². The molecule has 3 rings (SSSR count). The fourth-order valence-corrected chi connectivity index (χ4v) is 4.94. The van der Waals surface area contributed by atoms with Gasteiger partial charge < -0.3 is 42.8 Å². The van der Waals surface area contributed by atoms with Crippen LogP contribution >= 0.6 is 0 Å². The summed E-state index contributed by atoms with van der Waals surface area (Å²) in [6.45, 7) is 4.58. The highest BCUT2D eigenvalue weighted by Crippen LogP contribution is 2.23. The summed E-state index contributed by atoms with van der Waals surface area (Å²) in [7, 11) is 0. The molecule has 238 valence electrons. The van der Waals surface area contributed by atoms with Gasteiger partial charge in [-0.3, -0.25) is 15.0 Å². The summed E-state index contributed by atoms with van der Waals surface area (Å²) in [5, 5.41) is 30.0. The van der Waals surface area contributed by atoms with Crippen molar-refractivity contribution in [2.45, 2.75) is 76.9 Å². The maximum Gasteiger partial charge on any atom is 0.249 e. The molecule has 11 N–H and O–H groups in total. The molecular formula is C31H45N9O4. The number of aryl methyl sites for hydroxylation is 2. The number of nitrogens with zero attached hydrogens (tertiary/aromatic N) is 2. The Kier molecular flexibility index (Phi) is 13.1. The number of nitrogens with two attached hydrogens (primary N) is 3. The van der Waals surface area contributed by atoms with Crippen LogP contribution in [0.3, 0.4) is 0 Å². The third kappa shape index (κ3) is 10.7. The monoisotopic (exact) mass is 607 g/mol. The number of aromatic hydroxyl groups is 1. The Balaban J connectivity index is 1.81. The number of nitrogens with one attached hydrogen (secondary N) is 4. The Morgan fingerprint density at radius 3 is 2.39 bits per heavy atom. The molecule has 0 fully saturated rings. The van der Waals surface area contributed by atoms with E-state index in [0.29, 0.717) is 51.0 Å². The van der Waals surface area contributed by atoms with Crippen LogP contribution in [-0.2, 0) is 22.4 Å². The zero-order valence-electron chi connectivity index (χ0n) is 25.4. The second kappa shape index (κ2) is 17.0. The normalized spacial score (nSPS) is 13.1. The summed E-state index contributed by atoms with van der Waals surface area (Å²) in [5.74, 6) is -0.180. The van der Waals surface area contributed by atoms with E-state index in [1.54, 1.807) is 12.1 Å². The number of amides is 2. The fourth-order valence-electron chi connectivity index (χ4n) is 4.94. The van der Waals surface area contributed by atoms with Crippen molar-refractivity contribution in [1.29, 1.82) is 5.41 Å². The number of aromatic nitrogens is 2. The van der Waals surface area contributed by atoms with E-state index in [1.165, 1.54) is 0 Å². The molecule has 0 saturated carbocycles. The van der Waals surface area contributed by atoms with Gasteiger partial charge in [0.05, 0.1) is 6.04 Å². The van der Waals surface area contributed by atoms with Gasteiger partial charge in [0.1, 0.15) is 17.8 Å². The first-order valence-electron chi connectivity index (χ1n) is 14.9. The molecule has 0 aliphatic carbocycles. The zero-order chi connectivity index (χ0) is 32.1. The number of phenolic OH excluding ortho intramolecular Hbond substituents is 1. The van der Waals surface area contributed by atoms with Crippen LogP contribution in [0.2, 0.25) is 0 Å². The summed E-state index contributed by atoms with van der Waals surface area (Å²) in [4.78, 5) is 31.6. The fraction of sp³-hybridized carbons (Fsp3) is 0.452. The van der Waals surface area contributed by atoms with Crippen LogP contribution in [0.15, 0.2) is 47.0 Å². The summed E-state index contributed by atoms with van der Waals surface area (Å²) >= 11 is 0. The Bertz CT molecular complexity index is 1360. The first-order chi connectivity index (χ1) is 21.1. The first-order valence-corrected chi connectivity index (χ1v) is 14.9. The van der Waals surface area contributed by atoms with Crippen molar-refractivity contribution < 1.29 is 19.2 Å². The lowest BCUT2D eigenvalue weighted by Crippen LogP contribution is -2.53. The van der Waals surface area contributed by atoms with Gasteiger partial charge in [0.15, 0.2) is 11.8 Å². The van der Waals surface area contributed by atoms with Crippen molar-refractivity contribution in [3.05, 3.63) is 76.4 Å². The number of hydrogen-bond donors (Lipinski definition) is 8. The predicted molar refractivity (Wildman–Crippen MR) is 168 cm³/mol. The lowest BCUT2D eigenvalue weighted by atomic mass is 9.95. The maximum absolute atomic E-state index is 13.9. The molecule has 0 bridgehead atoms. The lowest BCUT2D eigenvalue weighted by Gasteiger charge is -2.24. The Morgan fingerprint density at radius 2 is 1.73 bits per heavy atom. The van der Waals surface area contributed by atoms with Crippen molar-refractivity contribution in [3.63, 3.8) is 0 Å². The van der Waals surface area contributed by atoms with Gasteiger partial charge in [-0.05, 0) is 86.9 Å². The molecule has 2 aromatic carbocycles. The molecule has 1 aromatic heterocycles. The van der Waals surface area contributed by atoms with E-state index < -0.39 is 29.9 Å². The van der Waals surface area contributed by atoms with Gasteiger partial charge >= 0.3 is 0 Å². The maximum atomic E-state index is 13.9. The number of phenols is 1. The summed E-state index contributed by atoms with van der Waals surface area (Å²) < 4.78 is 5.60. The molecule has 44 heavy (non-hydrogen) atoms. The standard InChI is InChI=1S/C31H45N9O4/c1-19-15-22(41)16-20(2)23(19)18-26(38-28(42)24(33)11-8-14-36-31(34)35)29(43)37-25(12-6-7-13-32)30-39-27(40-44-30)17-21-9-4-3-5-10-21/h3-5,9-10,15-16,24-26,41H,6-8,11-14,17-18,32-33H2,1-2H3,(H,37,43)(H,38,42)(H4,34,35,36)/t24-,25-,26-/m1/s1. The number of rotatable bonds is 17. The third-order valence-corrected chi connectivity index (χ3v) is 7.32. The van der Waals surface area contributed by atoms with E-state index in [2.05, 4.69) is 26.1 Å². The van der Waals surface area contributed by atoms with E-state index >= 15 is 0 Å². The number of guanidine groups is 1. The molecule has 3 aromatic rings. The Morgan fingerprint density at radius 1 is 1.02 bits per heavy atom. The van der Waals surface area contributed by atoms with Crippen LogP contribution in [0.25, 0.3) is 0 Å². The molecule has 0 aliphatic rings. The van der Waals surface area contributed by atoms with Crippen LogP contribution in [0.1, 0.15) is 72.1 Å². The third-order valence-electron chi connectivity index (χ3n) is 7.32. The molecule has 0 spiro atoms. The van der Waals surface area contributed by atoms with E-state index in [-0.39, 0.29) is 24.0 Å². The van der Waals surface area contributed by atoms with Gasteiger partial charge in [0, 0.05) is 19.4 Å². The van der Waals surface area contributed by atoms with Crippen LogP contribution in [-0.4, -0.2) is 58.2 Å². The highest BCUT2D eigenvalue weighted by atomic mass is 16.5. The summed E-state index contributed by atoms with van der Waals surface area (Å²) in [6, 6.07) is 10.5. The van der Waals surface area contributed by atoms with Gasteiger partial charge in [-0.1, -0.05) is 35.5 Å². The summed E-state index contributed by atoms with van der Waals surface area (Å²) in [5.41, 5.74) is 20.6. The molecule has 3 atom stereocenters. The smallest absolute Gasteiger partial charge is 0.249 e. The molecule has 0 radical (unpaired) electrons. The molecule has 0 saturated heterocycles. The van der Waals surface area contributed by atoms with Gasteiger partial charge in [-0.15, -0.1) is 0 Å². The zero-order valence-corrected chi connectivity index (χ0v) is 25.4. The first kappa shape index (κ1) is 34.0. The number of benzene rings is 2. The average molecular weight is 608 g/mol. The van der Waals surface area contributed by atoms with Crippen molar-refractivity contribution in [3.8, 4) is 5.75 Å². The van der Waals surface area contributed by atoms with Gasteiger partial charge in [-0.25, -0.2) is 0 Å². The number of unbranched alkanes of at least 4 members (excludes halogenated alkanes) is 1. The minimum absolute atomic E-state index is 0.123. The van der Waals surface area contributed by atoms with E-state index in [4.69, 9.17) is 27.1 Å². The van der Waals surface area contributed by atoms with E-state index in [0.717, 1.165) is 28.7 Å². The SMILES string of the molecule is Cc1cc(O)cc(C)c1C[C@@H](NC(=O)[C@H](N)CCCNC(=N)N)C(=O)N[C@H](CCCCN)c1nc(Cc2ccccc2)no1. The average Bonchev–Trinajstić information content (AvgIpc) is 3.44. The topological polar surface area (TPSA) is 231 Å². The predicted octanol–water partition coefficient (Wildman–Crippen LogP) is 1.59. The second-order valence-electron chi connectivity index (χ2n) is 11.0. The van der Waals surface area contributed by atoms with Crippen molar-refractivity contribution in [2.75, 3.05) is 13.1 Å². The molecule has 13 nitrogen and oxygen atoms in total. The minimum Gasteiger partial charge on any atom is -0.508 e. The molecule has 13 heteroatoms. The Labute approximate surface area is 257 Å². The molecular weight excluding hydrogens is 562 g/mol. The van der Waals surface area contributed by atoms with Gasteiger partial charge in [0.25, 0.3) is 0 Å². The van der Waals surface area contributed by atoms with E-state index in [9.17, 15) is 14.7 Å². The highest BCUT2D eigenvalue weighted by molar-refractivity contribution is 5.90. The van der Waals surface area contributed by atoms with Crippen molar-refractivity contribution in [1.82, 2.24) is 26.1 Å². The van der Waals surface area contributed by atoms with E-state index in [1.807, 2.05) is 44.2 Å². The van der Waals surface area contributed by atoms with Gasteiger partial charge in [-0.2, -0.15) is 4.98 Å². The molecule has 1 heterocycles. The molecule has 2 amide bonds. The number of hydrogen-bond acceptors (Lipinski definition) is 9. The van der Waals surface area contributed by atoms with Crippen LogP contribution in [0, 0.1) is 19.3 Å². The highest BCUT2D eigenvalue weighted by Gasteiger charge is 2.29. The molecule has 0 aliphatic heterocycles. The van der Waals surface area contributed by atoms with Crippen LogP contribution < -0.4 is 33.2 Å². The minimum atomic E-state index is -0.977. The Hall–Kier alpha value is -4.49. The quantitative estimate of drug-likeness (QED) is 0.0627. The molecule has 0 unspecified atom stereocenters. The lowest BCUT2D eigenvalue weighted by molar-refractivity contribution is -0.130. The van der Waals surface area contributed by atoms with Crippen molar-refractivity contribution in [2.24, 2.45) is 17.2 Å². The second-order valence-corrected chi connectivity index (χ2v) is 11.0. The van der Waals surface area contributed by atoms with Gasteiger partial charge in [0.2, 0.25) is 17.7 Å². The summed E-state index contributed by atoms with van der Waals surface area (Å²) in [6.07, 6.45) is 3.45. The number of carbonyl (C=O) groups is 2. The number of carbonyl (C=O) groups excluding carboxylic acids is 2. The van der Waals surface area contributed by atoms with Crippen molar-refractivity contribution >= 4 is 17.8 Å². The largest absolute Gasteiger partial charge is 0.508 e.